The Morgan fingerprint density at radius 1 is 1.19 bits per heavy atom. The van der Waals surface area contributed by atoms with Gasteiger partial charge in [0.1, 0.15) is 6.04 Å². The number of amides is 2. The summed E-state index contributed by atoms with van der Waals surface area (Å²) in [6, 6.07) is 8.51. The first-order valence-corrected chi connectivity index (χ1v) is 8.00. The first kappa shape index (κ1) is 15.6. The number of ketones is 1. The Hall–Kier alpha value is -1.82. The van der Waals surface area contributed by atoms with E-state index in [1.54, 1.807) is 12.1 Å². The molecule has 0 aromatic heterocycles. The molecule has 1 aromatic rings. The second-order valence-corrected chi connectivity index (χ2v) is 5.92. The number of hydrogen-bond donors (Lipinski definition) is 1. The van der Waals surface area contributed by atoms with Gasteiger partial charge in [-0.3, -0.25) is 14.4 Å². The van der Waals surface area contributed by atoms with Crippen LogP contribution in [0.25, 0.3) is 0 Å². The molecule has 112 valence electrons. The van der Waals surface area contributed by atoms with E-state index in [0.29, 0.717) is 18.5 Å². The molecule has 0 saturated carbocycles. The smallest absolute Gasteiger partial charge is 0.240 e. The maximum Gasteiger partial charge on any atom is 0.240 e. The van der Waals surface area contributed by atoms with Gasteiger partial charge >= 0.3 is 0 Å². The van der Waals surface area contributed by atoms with Crippen molar-refractivity contribution in [3.05, 3.63) is 35.9 Å². The van der Waals surface area contributed by atoms with Crippen LogP contribution in [0.15, 0.2) is 30.3 Å². The number of primary amides is 1. The van der Waals surface area contributed by atoms with Crippen LogP contribution in [0.5, 0.6) is 0 Å². The van der Waals surface area contributed by atoms with Crippen molar-refractivity contribution >= 4 is 29.4 Å². The van der Waals surface area contributed by atoms with Crippen molar-refractivity contribution in [3.8, 4) is 0 Å². The van der Waals surface area contributed by atoms with Crippen molar-refractivity contribution in [2.45, 2.75) is 18.9 Å². The number of thioether (sulfide) groups is 1. The van der Waals surface area contributed by atoms with Crippen molar-refractivity contribution in [3.63, 3.8) is 0 Å². The normalized spacial score (nSPS) is 17.7. The van der Waals surface area contributed by atoms with Crippen LogP contribution in [0.2, 0.25) is 0 Å². The van der Waals surface area contributed by atoms with Crippen molar-refractivity contribution in [2.75, 3.05) is 18.1 Å². The molecule has 1 atom stereocenters. The minimum absolute atomic E-state index is 0.00118. The van der Waals surface area contributed by atoms with E-state index >= 15 is 0 Å². The lowest BCUT2D eigenvalue weighted by Gasteiger charge is -2.21. The van der Waals surface area contributed by atoms with Gasteiger partial charge in [0.25, 0.3) is 0 Å². The lowest BCUT2D eigenvalue weighted by molar-refractivity contribution is -0.135. The van der Waals surface area contributed by atoms with Gasteiger partial charge in [0, 0.05) is 12.1 Å². The van der Waals surface area contributed by atoms with Gasteiger partial charge in [0.2, 0.25) is 11.8 Å². The number of benzene rings is 1. The first-order chi connectivity index (χ1) is 10.1. The average molecular weight is 306 g/mol. The highest BCUT2D eigenvalue weighted by Gasteiger charge is 2.32. The molecule has 5 nitrogen and oxygen atoms in total. The van der Waals surface area contributed by atoms with Crippen LogP contribution in [0, 0.1) is 0 Å². The zero-order valence-electron chi connectivity index (χ0n) is 11.7. The molecule has 2 rings (SSSR count). The molecule has 1 aliphatic heterocycles. The van der Waals surface area contributed by atoms with E-state index in [4.69, 9.17) is 5.73 Å². The molecule has 21 heavy (non-hydrogen) atoms. The second kappa shape index (κ2) is 7.26. The number of nitrogens with zero attached hydrogens (tertiary/aromatic N) is 1. The van der Waals surface area contributed by atoms with Gasteiger partial charge in [0.15, 0.2) is 5.78 Å². The maximum atomic E-state index is 12.1. The molecule has 0 radical (unpaired) electrons. The molecular formula is C15H18N2O3S. The molecule has 0 aliphatic carbocycles. The highest BCUT2D eigenvalue weighted by molar-refractivity contribution is 8.00. The third kappa shape index (κ3) is 4.07. The molecule has 2 amide bonds. The summed E-state index contributed by atoms with van der Waals surface area (Å²) in [5.74, 6) is -0.123. The van der Waals surface area contributed by atoms with Gasteiger partial charge in [-0.25, -0.2) is 0 Å². The van der Waals surface area contributed by atoms with Gasteiger partial charge < -0.3 is 10.6 Å². The number of rotatable bonds is 6. The highest BCUT2D eigenvalue weighted by Crippen LogP contribution is 2.18. The van der Waals surface area contributed by atoms with Crippen LogP contribution >= 0.6 is 11.8 Å². The van der Waals surface area contributed by atoms with E-state index in [0.717, 1.165) is 6.42 Å². The third-order valence-electron chi connectivity index (χ3n) is 3.46. The minimum Gasteiger partial charge on any atom is -0.368 e. The van der Waals surface area contributed by atoms with Crippen LogP contribution in [0.1, 0.15) is 23.2 Å². The molecule has 1 aromatic carbocycles. The maximum absolute atomic E-state index is 12.1. The lowest BCUT2D eigenvalue weighted by atomic mass is 10.2. The summed E-state index contributed by atoms with van der Waals surface area (Å²) in [4.78, 5) is 36.7. The zero-order chi connectivity index (χ0) is 15.2. The predicted octanol–water partition coefficient (Wildman–Crippen LogP) is 1.08. The molecule has 1 aliphatic rings. The fraction of sp³-hybridized carbons (Fsp3) is 0.400. The monoisotopic (exact) mass is 306 g/mol. The number of hydrogen-bond acceptors (Lipinski definition) is 4. The number of carbonyl (C=O) groups is 3. The number of likely N-dealkylation sites (tertiary alicyclic amines) is 1. The molecular weight excluding hydrogens is 288 g/mol. The molecule has 1 heterocycles. The van der Waals surface area contributed by atoms with Gasteiger partial charge in [-0.05, 0) is 12.8 Å². The van der Waals surface area contributed by atoms with Gasteiger partial charge in [-0.1, -0.05) is 30.3 Å². The third-order valence-corrected chi connectivity index (χ3v) is 4.37. The van der Waals surface area contributed by atoms with Crippen LogP contribution in [0.4, 0.5) is 0 Å². The van der Waals surface area contributed by atoms with E-state index < -0.39 is 11.9 Å². The summed E-state index contributed by atoms with van der Waals surface area (Å²) in [5.41, 5.74) is 5.93. The number of Topliss-reactive ketones (excluding diaryl/α,β-unsaturated/α-hetero) is 1. The molecule has 6 heteroatoms. The zero-order valence-corrected chi connectivity index (χ0v) is 12.5. The number of carbonyl (C=O) groups excluding carboxylic acids is 3. The second-order valence-electron chi connectivity index (χ2n) is 4.93. The summed E-state index contributed by atoms with van der Waals surface area (Å²) >= 11 is 1.27. The molecule has 2 N–H and O–H groups in total. The largest absolute Gasteiger partial charge is 0.368 e. The molecule has 0 spiro atoms. The topological polar surface area (TPSA) is 80.5 Å². The van der Waals surface area contributed by atoms with Crippen LogP contribution in [-0.2, 0) is 9.59 Å². The Bertz CT molecular complexity index is 533. The fourth-order valence-electron chi connectivity index (χ4n) is 2.38. The van der Waals surface area contributed by atoms with Gasteiger partial charge in [-0.15, -0.1) is 11.8 Å². The van der Waals surface area contributed by atoms with Gasteiger partial charge in [0.05, 0.1) is 11.5 Å². The fourth-order valence-corrected chi connectivity index (χ4v) is 3.18. The Morgan fingerprint density at radius 3 is 2.57 bits per heavy atom. The van der Waals surface area contributed by atoms with E-state index in [-0.39, 0.29) is 23.2 Å². The number of nitrogens with two attached hydrogens (primary N) is 1. The Kier molecular flexibility index (Phi) is 5.38. The lowest BCUT2D eigenvalue weighted by Crippen LogP contribution is -2.44. The summed E-state index contributed by atoms with van der Waals surface area (Å²) in [6.45, 7) is 0.569. The predicted molar refractivity (Wildman–Crippen MR) is 82.0 cm³/mol. The molecule has 1 saturated heterocycles. The summed E-state index contributed by atoms with van der Waals surface area (Å²) in [6.07, 6.45) is 1.43. The van der Waals surface area contributed by atoms with E-state index in [1.807, 2.05) is 18.2 Å². The van der Waals surface area contributed by atoms with Crippen molar-refractivity contribution in [1.82, 2.24) is 4.90 Å². The highest BCUT2D eigenvalue weighted by atomic mass is 32.2. The van der Waals surface area contributed by atoms with Gasteiger partial charge in [-0.2, -0.15) is 0 Å². The van der Waals surface area contributed by atoms with Crippen LogP contribution < -0.4 is 5.73 Å². The summed E-state index contributed by atoms with van der Waals surface area (Å²) in [7, 11) is 0. The summed E-state index contributed by atoms with van der Waals surface area (Å²) < 4.78 is 0. The Morgan fingerprint density at radius 2 is 1.90 bits per heavy atom. The SMILES string of the molecule is NC(=O)[C@@H]1CCCN1C(=O)CSCC(=O)c1ccccc1. The van der Waals surface area contributed by atoms with Crippen molar-refractivity contribution < 1.29 is 14.4 Å². The average Bonchev–Trinajstić information content (AvgIpc) is 2.97. The Labute approximate surface area is 127 Å². The quantitative estimate of drug-likeness (QED) is 0.798. The van der Waals surface area contributed by atoms with Crippen LogP contribution in [-0.4, -0.2) is 46.6 Å². The summed E-state index contributed by atoms with van der Waals surface area (Å²) in [5, 5.41) is 0. The van der Waals surface area contributed by atoms with Crippen molar-refractivity contribution in [1.29, 1.82) is 0 Å². The molecule has 0 unspecified atom stereocenters. The van der Waals surface area contributed by atoms with E-state index in [1.165, 1.54) is 16.7 Å². The van der Waals surface area contributed by atoms with E-state index in [9.17, 15) is 14.4 Å². The van der Waals surface area contributed by atoms with Crippen molar-refractivity contribution in [2.24, 2.45) is 5.73 Å². The molecule has 0 bridgehead atoms. The molecule has 1 fully saturated rings. The van der Waals surface area contributed by atoms with Crippen LogP contribution in [0.3, 0.4) is 0 Å². The minimum atomic E-state index is -0.483. The first-order valence-electron chi connectivity index (χ1n) is 6.84. The van der Waals surface area contributed by atoms with E-state index in [2.05, 4.69) is 0 Å². The standard InChI is InChI=1S/C15H18N2O3S/c16-15(20)12-7-4-8-17(12)14(19)10-21-9-13(18)11-5-2-1-3-6-11/h1-3,5-6,12H,4,7-10H2,(H2,16,20)/t12-/m0/s1. The Balaban J connectivity index is 1.79.